The maximum Gasteiger partial charge on any atom is 0.337 e. The lowest BCUT2D eigenvalue weighted by Crippen LogP contribution is -2.04. The molecular weight excluding hydrogens is 144 g/mol. The number of carboxylic acids is 1. The molecule has 0 bridgehead atoms. The van der Waals surface area contributed by atoms with Gasteiger partial charge in [-0.3, -0.25) is 0 Å². The van der Waals surface area contributed by atoms with Crippen molar-refractivity contribution in [2.24, 2.45) is 5.11 Å². The lowest BCUT2D eigenvalue weighted by molar-refractivity contribution is -0.132. The minimum absolute atomic E-state index is 0.145. The molecule has 11 heavy (non-hydrogen) atoms. The van der Waals surface area contributed by atoms with E-state index in [-0.39, 0.29) is 11.3 Å². The van der Waals surface area contributed by atoms with Gasteiger partial charge in [0.05, 0.1) is 11.3 Å². The van der Waals surface area contributed by atoms with Crippen LogP contribution in [0.15, 0.2) is 28.5 Å². The summed E-state index contributed by atoms with van der Waals surface area (Å²) >= 11 is 0. The molecule has 1 rings (SSSR count). The van der Waals surface area contributed by atoms with Crippen LogP contribution >= 0.6 is 0 Å². The van der Waals surface area contributed by atoms with Crippen LogP contribution in [0.25, 0.3) is 0 Å². The van der Waals surface area contributed by atoms with E-state index in [4.69, 9.17) is 10.6 Å². The van der Waals surface area contributed by atoms with Crippen molar-refractivity contribution < 1.29 is 9.90 Å². The first-order chi connectivity index (χ1) is 5.25. The van der Waals surface area contributed by atoms with Gasteiger partial charge in [-0.05, 0) is 12.8 Å². The molecule has 0 atom stereocenters. The third kappa shape index (κ3) is 1.52. The lowest BCUT2D eigenvalue weighted by atomic mass is 10.0. The first kappa shape index (κ1) is 7.65. The number of allylic oxidation sites excluding steroid dienone is 2. The van der Waals surface area contributed by atoms with Crippen LogP contribution in [0, 0.1) is 5.53 Å². The molecule has 4 nitrogen and oxygen atoms in total. The van der Waals surface area contributed by atoms with Gasteiger partial charge in [-0.25, -0.2) is 10.3 Å². The number of nitrogens with zero attached hydrogens (tertiary/aromatic N) is 1. The second-order valence-corrected chi connectivity index (χ2v) is 2.20. The highest BCUT2D eigenvalue weighted by Gasteiger charge is 2.14. The fourth-order valence-corrected chi connectivity index (χ4v) is 0.965. The molecule has 0 fully saturated rings. The second kappa shape index (κ2) is 3.09. The van der Waals surface area contributed by atoms with Crippen LogP contribution in [-0.4, -0.2) is 11.1 Å². The lowest BCUT2D eigenvalue weighted by Gasteiger charge is -2.05. The molecule has 0 unspecified atom stereocenters. The van der Waals surface area contributed by atoms with Crippen LogP contribution in [0.1, 0.15) is 12.8 Å². The number of carbonyl (C=O) groups is 1. The molecule has 1 aliphatic carbocycles. The van der Waals surface area contributed by atoms with E-state index in [0.717, 1.165) is 12.8 Å². The average molecular weight is 152 g/mol. The Morgan fingerprint density at radius 2 is 2.18 bits per heavy atom. The van der Waals surface area contributed by atoms with Crippen molar-refractivity contribution >= 4 is 5.97 Å². The monoisotopic (exact) mass is 152 g/mol. The van der Waals surface area contributed by atoms with Gasteiger partial charge < -0.3 is 5.11 Å². The predicted octanol–water partition coefficient (Wildman–Crippen LogP) is 1.71. The molecule has 0 radical (unpaired) electrons. The summed E-state index contributed by atoms with van der Waals surface area (Å²) in [5, 5.41) is 11.7. The fraction of sp³-hybridized carbons (Fsp3) is 0.286. The van der Waals surface area contributed by atoms with Crippen molar-refractivity contribution in [3.63, 3.8) is 0 Å². The quantitative estimate of drug-likeness (QED) is 0.591. The Balaban J connectivity index is 2.92. The number of rotatable bonds is 2. The van der Waals surface area contributed by atoms with Gasteiger partial charge in [0.2, 0.25) is 0 Å². The molecule has 0 saturated heterocycles. The third-order valence-electron chi connectivity index (χ3n) is 1.48. The Hall–Kier alpha value is -1.45. The number of carboxylic acid groups (broad SMARTS) is 1. The summed E-state index contributed by atoms with van der Waals surface area (Å²) in [6.07, 6.45) is 4.75. The highest BCUT2D eigenvalue weighted by atomic mass is 16.4. The van der Waals surface area contributed by atoms with E-state index in [1.165, 1.54) is 0 Å². The fourth-order valence-electron chi connectivity index (χ4n) is 0.965. The zero-order chi connectivity index (χ0) is 8.27. The molecule has 4 heteroatoms. The molecule has 0 aliphatic heterocycles. The van der Waals surface area contributed by atoms with Gasteiger partial charge in [-0.1, -0.05) is 12.2 Å². The molecule has 0 aromatic heterocycles. The van der Waals surface area contributed by atoms with E-state index >= 15 is 0 Å². The van der Waals surface area contributed by atoms with Crippen LogP contribution in [0.5, 0.6) is 0 Å². The van der Waals surface area contributed by atoms with E-state index in [1.807, 2.05) is 0 Å². The summed E-state index contributed by atoms with van der Waals surface area (Å²) in [6, 6.07) is 0. The van der Waals surface area contributed by atoms with Gasteiger partial charge in [-0.15, -0.1) is 0 Å². The van der Waals surface area contributed by atoms with Crippen molar-refractivity contribution in [3.05, 3.63) is 23.4 Å². The van der Waals surface area contributed by atoms with Crippen LogP contribution in [0.2, 0.25) is 0 Å². The Labute approximate surface area is 63.7 Å². The first-order valence-electron chi connectivity index (χ1n) is 3.27. The van der Waals surface area contributed by atoms with Crippen molar-refractivity contribution in [2.75, 3.05) is 0 Å². The summed E-state index contributed by atoms with van der Waals surface area (Å²) < 4.78 is 0. The molecular formula is C7H8N2O2. The second-order valence-electron chi connectivity index (χ2n) is 2.20. The van der Waals surface area contributed by atoms with Crippen molar-refractivity contribution in [3.8, 4) is 0 Å². The molecule has 0 aromatic carbocycles. The molecule has 0 saturated carbocycles. The first-order valence-corrected chi connectivity index (χ1v) is 3.27. The van der Waals surface area contributed by atoms with Crippen LogP contribution in [0.3, 0.4) is 0 Å². The number of hydrogen-bond donors (Lipinski definition) is 2. The predicted molar refractivity (Wildman–Crippen MR) is 38.2 cm³/mol. The van der Waals surface area contributed by atoms with E-state index < -0.39 is 5.97 Å². The summed E-state index contributed by atoms with van der Waals surface area (Å²) in [7, 11) is 0. The minimum Gasteiger partial charge on any atom is -0.478 e. The summed E-state index contributed by atoms with van der Waals surface area (Å²) in [6.45, 7) is 0. The molecule has 0 aromatic rings. The van der Waals surface area contributed by atoms with Crippen LogP contribution < -0.4 is 0 Å². The number of nitrogens with one attached hydrogen (secondary N) is 1. The molecule has 2 N–H and O–H groups in total. The number of aliphatic carboxylic acids is 1. The van der Waals surface area contributed by atoms with Crippen LogP contribution in [0.4, 0.5) is 0 Å². The summed E-state index contributed by atoms with van der Waals surface area (Å²) in [5.41, 5.74) is 7.09. The standard InChI is InChI=1S/C7H8N2O2/c8-9-6-4-2-1-3-5(6)7(10)11/h3-4,8H,1-2H2,(H,10,11). The average Bonchev–Trinajstić information content (AvgIpc) is 2.04. The molecule has 1 aliphatic rings. The molecule has 0 spiro atoms. The Morgan fingerprint density at radius 3 is 2.64 bits per heavy atom. The van der Waals surface area contributed by atoms with Gasteiger partial charge in [0.15, 0.2) is 0 Å². The largest absolute Gasteiger partial charge is 0.478 e. The SMILES string of the molecule is N=NC1=CCCC=C1C(=O)O. The highest BCUT2D eigenvalue weighted by Crippen LogP contribution is 2.19. The topological polar surface area (TPSA) is 73.5 Å². The smallest absolute Gasteiger partial charge is 0.337 e. The van der Waals surface area contributed by atoms with Crippen molar-refractivity contribution in [1.82, 2.24) is 0 Å². The highest BCUT2D eigenvalue weighted by molar-refractivity contribution is 5.91. The zero-order valence-electron chi connectivity index (χ0n) is 5.87. The van der Waals surface area contributed by atoms with E-state index in [0.29, 0.717) is 0 Å². The van der Waals surface area contributed by atoms with E-state index in [9.17, 15) is 4.79 Å². The van der Waals surface area contributed by atoms with Crippen molar-refractivity contribution in [1.29, 1.82) is 5.53 Å². The molecule has 0 amide bonds. The van der Waals surface area contributed by atoms with Gasteiger partial charge in [0.1, 0.15) is 0 Å². The molecule has 0 heterocycles. The third-order valence-corrected chi connectivity index (χ3v) is 1.48. The summed E-state index contributed by atoms with van der Waals surface area (Å²) in [4.78, 5) is 10.5. The number of hydrogen-bond acceptors (Lipinski definition) is 3. The summed E-state index contributed by atoms with van der Waals surface area (Å²) in [5.74, 6) is -1.01. The maximum absolute atomic E-state index is 10.5. The van der Waals surface area contributed by atoms with E-state index in [1.54, 1.807) is 12.2 Å². The Morgan fingerprint density at radius 1 is 1.55 bits per heavy atom. The Kier molecular flexibility index (Phi) is 2.15. The van der Waals surface area contributed by atoms with Gasteiger partial charge >= 0.3 is 5.97 Å². The zero-order valence-corrected chi connectivity index (χ0v) is 5.87. The normalized spacial score (nSPS) is 16.7. The van der Waals surface area contributed by atoms with Crippen LogP contribution in [-0.2, 0) is 4.79 Å². The maximum atomic E-state index is 10.5. The molecule has 58 valence electrons. The Bertz CT molecular complexity index is 253. The minimum atomic E-state index is -1.01. The van der Waals surface area contributed by atoms with Crippen molar-refractivity contribution in [2.45, 2.75) is 12.8 Å². The van der Waals surface area contributed by atoms with E-state index in [2.05, 4.69) is 5.11 Å². The van der Waals surface area contributed by atoms with Gasteiger partial charge in [0, 0.05) is 0 Å². The van der Waals surface area contributed by atoms with Gasteiger partial charge in [0.25, 0.3) is 0 Å². The van der Waals surface area contributed by atoms with Gasteiger partial charge in [-0.2, -0.15) is 5.11 Å².